The van der Waals surface area contributed by atoms with Crippen LogP contribution in [0.15, 0.2) is 57.7 Å². The molecular weight excluding hydrogens is 673 g/mol. The molecule has 0 spiro atoms. The minimum absolute atomic E-state index is 0.0551. The number of aromatic nitrogens is 1. The van der Waals surface area contributed by atoms with Crippen LogP contribution in [-0.4, -0.2) is 96.3 Å². The number of benzene rings is 1. The van der Waals surface area contributed by atoms with Crippen LogP contribution in [0.4, 0.5) is 18.3 Å². The number of fused-ring (bicyclic) bond motifs is 1. The van der Waals surface area contributed by atoms with Crippen LogP contribution in [0.25, 0.3) is 0 Å². The number of hydrogen-bond donors (Lipinski definition) is 4. The van der Waals surface area contributed by atoms with Crippen molar-refractivity contribution in [3.63, 3.8) is 0 Å². The van der Waals surface area contributed by atoms with Crippen LogP contribution < -0.4 is 11.1 Å². The van der Waals surface area contributed by atoms with Crippen LogP contribution in [0.3, 0.4) is 0 Å². The first kappa shape index (κ1) is 33.1. The van der Waals surface area contributed by atoms with E-state index in [0.717, 1.165) is 28.0 Å². The van der Waals surface area contributed by atoms with E-state index in [2.05, 4.69) is 20.2 Å². The number of carboxylic acids is 1. The maximum absolute atomic E-state index is 13.2. The lowest BCUT2D eigenvalue weighted by atomic mass is 10.0. The van der Waals surface area contributed by atoms with Crippen LogP contribution in [0.5, 0.6) is 0 Å². The SMILES string of the molecule is Nc1nc(/C(=N/O)C(=O)N[C@@H]2C(=O)N3C(C(=O)OC(=O)C(F)(F)F)=C(C=C4CCN(Cc5ccc(C(=O)O)cc5)C4=O)CS[C@H]23)cs1. The number of thioether (sulfide) groups is 1. The van der Waals surface area contributed by atoms with Gasteiger partial charge in [-0.15, -0.1) is 23.1 Å². The number of nitrogens with two attached hydrogens (primary N) is 1. The molecule has 2 atom stereocenters. The highest BCUT2D eigenvalue weighted by Crippen LogP contribution is 2.42. The van der Waals surface area contributed by atoms with Gasteiger partial charge in [-0.25, -0.2) is 19.4 Å². The Hall–Kier alpha value is -5.24. The number of carbonyl (C=O) groups is 6. The first-order valence-electron chi connectivity index (χ1n) is 13.3. The van der Waals surface area contributed by atoms with E-state index in [4.69, 9.17) is 10.8 Å². The van der Waals surface area contributed by atoms with Gasteiger partial charge in [0, 0.05) is 29.8 Å². The fourth-order valence-electron chi connectivity index (χ4n) is 4.89. The minimum Gasteiger partial charge on any atom is -0.478 e. The fraction of sp³-hybridized carbons (Fsp3) is 0.259. The van der Waals surface area contributed by atoms with Crippen molar-refractivity contribution in [2.75, 3.05) is 18.0 Å². The van der Waals surface area contributed by atoms with Crippen LogP contribution in [-0.2, 0) is 35.3 Å². The zero-order valence-corrected chi connectivity index (χ0v) is 25.1. The molecule has 2 fully saturated rings. The van der Waals surface area contributed by atoms with E-state index < -0.39 is 64.6 Å². The van der Waals surface area contributed by atoms with E-state index in [1.54, 1.807) is 0 Å². The topological polar surface area (TPSA) is 222 Å². The Morgan fingerprint density at radius 2 is 1.89 bits per heavy atom. The largest absolute Gasteiger partial charge is 0.491 e. The molecule has 20 heteroatoms. The first-order chi connectivity index (χ1) is 22.2. The number of rotatable bonds is 8. The van der Waals surface area contributed by atoms with Gasteiger partial charge in [-0.1, -0.05) is 17.3 Å². The van der Waals surface area contributed by atoms with E-state index in [1.165, 1.54) is 40.6 Å². The molecule has 3 aliphatic heterocycles. The number of esters is 2. The molecule has 1 aromatic carbocycles. The molecule has 0 unspecified atom stereocenters. The summed E-state index contributed by atoms with van der Waals surface area (Å²) in [6, 6.07) is 4.49. The maximum atomic E-state index is 13.2. The molecule has 3 aliphatic rings. The maximum Gasteiger partial charge on any atom is 0.491 e. The van der Waals surface area contributed by atoms with Crippen molar-refractivity contribution in [3.8, 4) is 0 Å². The van der Waals surface area contributed by atoms with Gasteiger partial charge >= 0.3 is 24.1 Å². The molecule has 1 aromatic heterocycles. The summed E-state index contributed by atoms with van der Waals surface area (Å²) >= 11 is 1.94. The molecule has 2 aromatic rings. The zero-order chi connectivity index (χ0) is 34.2. The molecule has 47 heavy (non-hydrogen) atoms. The van der Waals surface area contributed by atoms with Gasteiger partial charge in [0.05, 0.1) is 5.56 Å². The zero-order valence-electron chi connectivity index (χ0n) is 23.5. The number of thiazole rings is 1. The van der Waals surface area contributed by atoms with Crippen LogP contribution in [0, 0.1) is 0 Å². The Labute approximate surface area is 269 Å². The Morgan fingerprint density at radius 1 is 1.19 bits per heavy atom. The normalized spacial score (nSPS) is 20.7. The average molecular weight is 695 g/mol. The minimum atomic E-state index is -5.53. The summed E-state index contributed by atoms with van der Waals surface area (Å²) in [4.78, 5) is 80.9. The second-order valence-electron chi connectivity index (χ2n) is 10.1. The number of halogens is 3. The highest BCUT2D eigenvalue weighted by atomic mass is 32.2. The Balaban J connectivity index is 1.39. The van der Waals surface area contributed by atoms with Crippen molar-refractivity contribution in [2.45, 2.75) is 30.6 Å². The number of carbonyl (C=O) groups excluding carboxylic acids is 5. The quantitative estimate of drug-likeness (QED) is 0.0583. The number of β-lactam (4-membered cyclic amide) rings is 1. The third-order valence-corrected chi connectivity index (χ3v) is 9.09. The molecule has 15 nitrogen and oxygen atoms in total. The van der Waals surface area contributed by atoms with Gasteiger partial charge in [-0.05, 0) is 35.8 Å². The smallest absolute Gasteiger partial charge is 0.478 e. The number of nitrogens with zero attached hydrogens (tertiary/aromatic N) is 4. The molecule has 0 saturated carbocycles. The molecule has 0 aliphatic carbocycles. The summed E-state index contributed by atoms with van der Waals surface area (Å²) in [7, 11) is 0. The number of anilines is 1. The lowest BCUT2D eigenvalue weighted by Crippen LogP contribution is -2.71. The van der Waals surface area contributed by atoms with Gasteiger partial charge in [0.2, 0.25) is 5.91 Å². The predicted octanol–water partition coefficient (Wildman–Crippen LogP) is 1.25. The van der Waals surface area contributed by atoms with Crippen LogP contribution in [0.1, 0.15) is 28.0 Å². The summed E-state index contributed by atoms with van der Waals surface area (Å²) in [5.74, 6) is -8.37. The summed E-state index contributed by atoms with van der Waals surface area (Å²) in [5, 5.41) is 24.0. The third kappa shape index (κ3) is 6.68. The van der Waals surface area contributed by atoms with Crippen molar-refractivity contribution in [2.24, 2.45) is 5.16 Å². The summed E-state index contributed by atoms with van der Waals surface area (Å²) in [6.45, 7) is 0.330. The van der Waals surface area contributed by atoms with E-state index in [9.17, 15) is 47.1 Å². The molecule has 4 heterocycles. The van der Waals surface area contributed by atoms with Crippen molar-refractivity contribution >= 4 is 69.6 Å². The number of likely N-dealkylation sites (tertiary alicyclic amines) is 1. The highest BCUT2D eigenvalue weighted by molar-refractivity contribution is 8.00. The standard InChI is InChI=1S/C27H21F3N6O9S2/c28-27(29,30)25(43)45-24(42)18-14(7-13-5-6-35(20(13)38)8-11-1-3-12(4-2-11)23(40)41)9-46-22-17(21(39)36(18)22)33-19(37)16(34-44)15-10-47-26(31)32-15/h1-4,7,10,17,22,44H,5-6,8-9H2,(H2,31,32)(H,33,37)(H,40,41)/b13-7?,34-16-/t17-,22-/m1/s1. The van der Waals surface area contributed by atoms with Crippen molar-refractivity contribution in [1.82, 2.24) is 20.1 Å². The third-order valence-electron chi connectivity index (χ3n) is 7.11. The van der Waals surface area contributed by atoms with E-state index in [0.29, 0.717) is 5.56 Å². The number of aromatic carboxylic acids is 1. The van der Waals surface area contributed by atoms with Crippen molar-refractivity contribution in [1.29, 1.82) is 0 Å². The van der Waals surface area contributed by atoms with Crippen molar-refractivity contribution < 1.29 is 57.0 Å². The Morgan fingerprint density at radius 3 is 2.49 bits per heavy atom. The van der Waals surface area contributed by atoms with Gasteiger partial charge in [0.1, 0.15) is 22.8 Å². The summed E-state index contributed by atoms with van der Waals surface area (Å²) in [5.41, 5.74) is 4.92. The highest BCUT2D eigenvalue weighted by Gasteiger charge is 2.55. The second-order valence-corrected chi connectivity index (χ2v) is 12.1. The molecule has 0 bridgehead atoms. The first-order valence-corrected chi connectivity index (χ1v) is 15.2. The van der Waals surface area contributed by atoms with Gasteiger partial charge in [-0.2, -0.15) is 13.2 Å². The average Bonchev–Trinajstić information content (AvgIpc) is 3.60. The number of amides is 3. The van der Waals surface area contributed by atoms with E-state index >= 15 is 0 Å². The van der Waals surface area contributed by atoms with Gasteiger partial charge < -0.3 is 31.0 Å². The molecule has 0 radical (unpaired) electrons. The molecular formula is C27H21F3N6O9S2. The predicted molar refractivity (Wildman–Crippen MR) is 156 cm³/mol. The Kier molecular flexibility index (Phi) is 9.07. The summed E-state index contributed by atoms with van der Waals surface area (Å²) in [6.07, 6.45) is -4.13. The number of hydrogen-bond acceptors (Lipinski definition) is 13. The number of carboxylic acid groups (broad SMARTS) is 1. The number of alkyl halides is 3. The van der Waals surface area contributed by atoms with Crippen LogP contribution in [0.2, 0.25) is 0 Å². The summed E-state index contributed by atoms with van der Waals surface area (Å²) < 4.78 is 42.9. The lowest BCUT2D eigenvalue weighted by molar-refractivity contribution is -0.201. The molecule has 3 amide bonds. The monoisotopic (exact) mass is 694 g/mol. The number of ether oxygens (including phenoxy) is 1. The van der Waals surface area contributed by atoms with Crippen LogP contribution >= 0.6 is 23.1 Å². The van der Waals surface area contributed by atoms with E-state index in [1.807, 2.05) is 0 Å². The molecule has 5 N–H and O–H groups in total. The number of oxime groups is 1. The molecule has 5 rings (SSSR count). The van der Waals surface area contributed by atoms with Gasteiger partial charge in [0.25, 0.3) is 11.8 Å². The molecule has 246 valence electrons. The van der Waals surface area contributed by atoms with E-state index in [-0.39, 0.29) is 52.8 Å². The second kappa shape index (κ2) is 12.9. The number of allylic oxidation sites excluding steroid dienone is 1. The fourth-order valence-corrected chi connectivity index (χ4v) is 6.74. The number of nitrogens with one attached hydrogen (secondary N) is 1. The Bertz CT molecular complexity index is 1790. The van der Waals surface area contributed by atoms with Crippen molar-refractivity contribution in [3.05, 3.63) is 69.4 Å². The van der Waals surface area contributed by atoms with Gasteiger partial charge in [0.15, 0.2) is 10.8 Å². The molecule has 2 saturated heterocycles. The van der Waals surface area contributed by atoms with Gasteiger partial charge in [-0.3, -0.25) is 19.3 Å². The lowest BCUT2D eigenvalue weighted by Gasteiger charge is -2.49. The number of nitrogen functional groups attached to an aromatic ring is 1.